The maximum Gasteiger partial charge on any atom is 0.120 e. The number of phenols is 1. The Morgan fingerprint density at radius 3 is 2.31 bits per heavy atom. The molecule has 5 heteroatoms. The lowest BCUT2D eigenvalue weighted by molar-refractivity contribution is 0.197. The van der Waals surface area contributed by atoms with Crippen molar-refractivity contribution < 1.29 is 14.6 Å². The van der Waals surface area contributed by atoms with E-state index in [4.69, 9.17) is 9.47 Å². The fourth-order valence-electron chi connectivity index (χ4n) is 7.62. The lowest BCUT2D eigenvalue weighted by Crippen LogP contribution is -2.32. The second kappa shape index (κ2) is 13.4. The highest BCUT2D eigenvalue weighted by Crippen LogP contribution is 2.40. The van der Waals surface area contributed by atoms with Gasteiger partial charge in [-0.05, 0) is 122 Å². The average Bonchev–Trinajstić information content (AvgIpc) is 3.34. The molecule has 2 aliphatic heterocycles. The first kappa shape index (κ1) is 28.9. The monoisotopic (exact) mass is 568 g/mol. The maximum atomic E-state index is 9.96. The molecular formula is C37H48N2O3. The summed E-state index contributed by atoms with van der Waals surface area (Å²) >= 11 is 0. The van der Waals surface area contributed by atoms with Crippen LogP contribution in [-0.4, -0.2) is 49.9 Å². The van der Waals surface area contributed by atoms with Crippen LogP contribution in [0.2, 0.25) is 0 Å². The van der Waals surface area contributed by atoms with Gasteiger partial charge in [-0.3, -0.25) is 4.90 Å². The van der Waals surface area contributed by atoms with Crippen LogP contribution in [0.4, 0.5) is 5.69 Å². The molecule has 0 radical (unpaired) electrons. The Hall–Kier alpha value is -3.18. The van der Waals surface area contributed by atoms with E-state index in [9.17, 15) is 5.11 Å². The second-order valence-electron chi connectivity index (χ2n) is 12.9. The van der Waals surface area contributed by atoms with Gasteiger partial charge in [0.1, 0.15) is 23.9 Å². The van der Waals surface area contributed by atoms with Crippen molar-refractivity contribution in [1.82, 2.24) is 4.90 Å². The molecular weight excluding hydrogens is 520 g/mol. The van der Waals surface area contributed by atoms with Crippen LogP contribution in [0.5, 0.6) is 17.2 Å². The van der Waals surface area contributed by atoms with Crippen LogP contribution in [0.3, 0.4) is 0 Å². The summed E-state index contributed by atoms with van der Waals surface area (Å²) in [7, 11) is 1.75. The van der Waals surface area contributed by atoms with E-state index in [0.717, 1.165) is 75.3 Å². The zero-order valence-corrected chi connectivity index (χ0v) is 25.6. The van der Waals surface area contributed by atoms with Gasteiger partial charge in [0.05, 0.1) is 7.11 Å². The highest BCUT2D eigenvalue weighted by Gasteiger charge is 2.29. The van der Waals surface area contributed by atoms with Gasteiger partial charge in [-0.2, -0.15) is 0 Å². The van der Waals surface area contributed by atoms with Gasteiger partial charge in [0, 0.05) is 44.5 Å². The summed E-state index contributed by atoms with van der Waals surface area (Å²) in [5, 5.41) is 9.96. The van der Waals surface area contributed by atoms with Crippen molar-refractivity contribution in [1.29, 1.82) is 0 Å². The van der Waals surface area contributed by atoms with E-state index in [1.165, 1.54) is 66.7 Å². The minimum Gasteiger partial charge on any atom is -0.508 e. The first-order chi connectivity index (χ1) is 20.6. The van der Waals surface area contributed by atoms with Crippen LogP contribution in [0, 0.1) is 11.8 Å². The van der Waals surface area contributed by atoms with Crippen molar-refractivity contribution in [3.05, 3.63) is 82.9 Å². The molecule has 2 bridgehead atoms. The van der Waals surface area contributed by atoms with E-state index >= 15 is 0 Å². The molecule has 224 valence electrons. The molecule has 1 saturated carbocycles. The molecule has 0 aromatic heterocycles. The smallest absolute Gasteiger partial charge is 0.120 e. The molecule has 1 N–H and O–H groups in total. The van der Waals surface area contributed by atoms with Crippen molar-refractivity contribution in [2.45, 2.75) is 70.8 Å². The normalized spacial score (nSPS) is 21.9. The Balaban J connectivity index is 1.12. The zero-order chi connectivity index (χ0) is 28.9. The summed E-state index contributed by atoms with van der Waals surface area (Å²) in [5.74, 6) is 4.49. The van der Waals surface area contributed by atoms with Crippen LogP contribution in [0.25, 0.3) is 0 Å². The van der Waals surface area contributed by atoms with Crippen molar-refractivity contribution in [3.63, 3.8) is 0 Å². The third-order valence-corrected chi connectivity index (χ3v) is 9.90. The van der Waals surface area contributed by atoms with Gasteiger partial charge < -0.3 is 19.5 Å². The number of rotatable bonds is 11. The number of benzene rings is 3. The molecule has 3 aromatic rings. The van der Waals surface area contributed by atoms with Crippen LogP contribution < -0.4 is 14.4 Å². The zero-order valence-electron chi connectivity index (χ0n) is 25.6. The number of hydrogen-bond donors (Lipinski definition) is 1. The van der Waals surface area contributed by atoms with Crippen LogP contribution in [-0.2, 0) is 19.4 Å². The molecule has 7 rings (SSSR count). The Morgan fingerprint density at radius 1 is 0.857 bits per heavy atom. The van der Waals surface area contributed by atoms with Gasteiger partial charge in [0.2, 0.25) is 0 Å². The molecule has 1 unspecified atom stereocenters. The fourth-order valence-corrected chi connectivity index (χ4v) is 7.62. The molecule has 4 aliphatic rings. The number of fused-ring (bicyclic) bond motifs is 5. The van der Waals surface area contributed by atoms with E-state index in [1.807, 2.05) is 12.1 Å². The Morgan fingerprint density at radius 2 is 1.60 bits per heavy atom. The second-order valence-corrected chi connectivity index (χ2v) is 12.9. The van der Waals surface area contributed by atoms with E-state index < -0.39 is 0 Å². The average molecular weight is 569 g/mol. The summed E-state index contributed by atoms with van der Waals surface area (Å²) in [4.78, 5) is 5.17. The van der Waals surface area contributed by atoms with Crippen molar-refractivity contribution in [3.8, 4) is 17.2 Å². The molecule has 42 heavy (non-hydrogen) atoms. The molecule has 3 fully saturated rings. The van der Waals surface area contributed by atoms with E-state index in [-0.39, 0.29) is 0 Å². The lowest BCUT2D eigenvalue weighted by atomic mass is 9.79. The summed E-state index contributed by atoms with van der Waals surface area (Å²) in [6.07, 6.45) is 9.86. The van der Waals surface area contributed by atoms with Gasteiger partial charge in [-0.1, -0.05) is 31.2 Å². The molecule has 0 amide bonds. The number of aromatic hydroxyl groups is 1. The van der Waals surface area contributed by atoms with Crippen molar-refractivity contribution in [2.24, 2.45) is 11.8 Å². The van der Waals surface area contributed by atoms with E-state index in [2.05, 4.69) is 65.3 Å². The van der Waals surface area contributed by atoms with Crippen molar-refractivity contribution >= 4 is 5.69 Å². The number of hydrogen-bond acceptors (Lipinski definition) is 5. The Labute approximate surface area is 252 Å². The Kier molecular flexibility index (Phi) is 9.24. The quantitative estimate of drug-likeness (QED) is 0.258. The van der Waals surface area contributed by atoms with Crippen LogP contribution in [0.1, 0.15) is 73.6 Å². The number of aryl methyl sites for hydroxylation is 1. The molecule has 2 aliphatic carbocycles. The highest BCUT2D eigenvalue weighted by molar-refractivity contribution is 5.60. The minimum absolute atomic E-state index is 0.368. The van der Waals surface area contributed by atoms with E-state index in [1.54, 1.807) is 7.11 Å². The first-order valence-electron chi connectivity index (χ1n) is 16.3. The molecule has 2 saturated heterocycles. The Bertz CT molecular complexity index is 1300. The fraction of sp³-hybridized carbons (Fsp3) is 0.514. The number of anilines is 1. The number of ether oxygens (including phenoxy) is 2. The lowest BCUT2D eigenvalue weighted by Gasteiger charge is -2.32. The molecule has 1 atom stereocenters. The summed E-state index contributed by atoms with van der Waals surface area (Å²) in [6.45, 7) is 8.39. The van der Waals surface area contributed by atoms with Crippen molar-refractivity contribution in [2.75, 3.05) is 44.8 Å². The number of nitrogens with zero attached hydrogens (tertiary/aromatic N) is 2. The number of methoxy groups -OCH3 is 1. The number of phenolic OH excluding ortho intramolecular Hbond substituents is 1. The van der Waals surface area contributed by atoms with E-state index in [0.29, 0.717) is 11.7 Å². The highest BCUT2D eigenvalue weighted by atomic mass is 16.5. The standard InChI is InChI=1S/C37H48N2O3/c1-3-18-39(26-29-8-14-34(15-9-29)42-20-19-38-24-27-4-5-28(25-38)7-6-27)37-23-35(41-2)16-17-36(37)32-11-10-31-22-33(40)13-12-30(31)21-32/h8-9,12-17,22-23,27-28,32,40H,3-7,10-11,18-21,24-26H2,1-2H3. The molecule has 0 spiro atoms. The third kappa shape index (κ3) is 6.89. The van der Waals surface area contributed by atoms with Gasteiger partial charge in [-0.25, -0.2) is 0 Å². The first-order valence-corrected chi connectivity index (χ1v) is 16.3. The van der Waals surface area contributed by atoms with Gasteiger partial charge in [0.15, 0.2) is 0 Å². The topological polar surface area (TPSA) is 45.2 Å². The summed E-state index contributed by atoms with van der Waals surface area (Å²) in [6, 6.07) is 21.2. The molecule has 3 aromatic carbocycles. The molecule has 2 heterocycles. The maximum absolute atomic E-state index is 9.96. The molecule has 5 nitrogen and oxygen atoms in total. The summed E-state index contributed by atoms with van der Waals surface area (Å²) in [5.41, 5.74) is 6.59. The predicted molar refractivity (Wildman–Crippen MR) is 171 cm³/mol. The van der Waals surface area contributed by atoms with Crippen LogP contribution in [0.15, 0.2) is 60.7 Å². The largest absolute Gasteiger partial charge is 0.508 e. The third-order valence-electron chi connectivity index (χ3n) is 9.90. The minimum atomic E-state index is 0.368. The van der Waals surface area contributed by atoms with Crippen LogP contribution >= 0.6 is 0 Å². The predicted octanol–water partition coefficient (Wildman–Crippen LogP) is 7.59. The van der Waals surface area contributed by atoms with Gasteiger partial charge in [0.25, 0.3) is 0 Å². The SMILES string of the molecule is CCCN(Cc1ccc(OCCN2CC3CCC(CC3)C2)cc1)c1cc(OC)ccc1C1CCc2cc(O)ccc2C1. The van der Waals surface area contributed by atoms with Gasteiger partial charge >= 0.3 is 0 Å². The van der Waals surface area contributed by atoms with Gasteiger partial charge in [-0.15, -0.1) is 0 Å². The summed E-state index contributed by atoms with van der Waals surface area (Å²) < 4.78 is 11.9.